The number of β-amino-alcohol motifs (C(OH)–C–C–N with tert-alkyl or cyclic N) is 1. The van der Waals surface area contributed by atoms with Crippen LogP contribution in [-0.4, -0.2) is 64.7 Å². The van der Waals surface area contributed by atoms with Crippen LogP contribution in [-0.2, 0) is 9.53 Å². The number of ether oxygens (including phenoxy) is 1. The van der Waals surface area contributed by atoms with Gasteiger partial charge in [-0.15, -0.1) is 0 Å². The largest absolute Gasteiger partial charge is 0.481 e. The second-order valence-corrected chi connectivity index (χ2v) is 6.29. The maximum absolute atomic E-state index is 11.8. The maximum Gasteiger partial charge on any atom is 0.407 e. The summed E-state index contributed by atoms with van der Waals surface area (Å²) in [5, 5.41) is 29.1. The van der Waals surface area contributed by atoms with Gasteiger partial charge >= 0.3 is 12.1 Å². The molecule has 0 aromatic carbocycles. The third kappa shape index (κ3) is 2.60. The predicted molar refractivity (Wildman–Crippen MR) is 70.5 cm³/mol. The van der Waals surface area contributed by atoms with Crippen LogP contribution < -0.4 is 0 Å². The quantitative estimate of drug-likeness (QED) is 0.711. The van der Waals surface area contributed by atoms with Crippen LogP contribution in [0.4, 0.5) is 4.79 Å². The normalized spacial score (nSPS) is 31.1. The summed E-state index contributed by atoms with van der Waals surface area (Å²) < 4.78 is 5.00. The minimum absolute atomic E-state index is 0.0210. The molecule has 1 aliphatic heterocycles. The van der Waals surface area contributed by atoms with Crippen molar-refractivity contribution in [1.29, 1.82) is 0 Å². The number of aliphatic carboxylic acids is 1. The number of carbonyl (C=O) groups is 2. The second-order valence-electron chi connectivity index (χ2n) is 6.29. The lowest BCUT2D eigenvalue weighted by Gasteiger charge is -2.52. The molecule has 1 aliphatic rings. The molecule has 3 N–H and O–H groups in total. The molecule has 3 atom stereocenters. The number of nitrogens with zero attached hydrogens (tertiary/aromatic N) is 1. The van der Waals surface area contributed by atoms with E-state index in [4.69, 9.17) is 4.74 Å². The maximum atomic E-state index is 11.8. The van der Waals surface area contributed by atoms with Gasteiger partial charge in [0.1, 0.15) is 5.41 Å². The van der Waals surface area contributed by atoms with Crippen molar-refractivity contribution < 1.29 is 29.6 Å². The van der Waals surface area contributed by atoms with Crippen molar-refractivity contribution in [2.45, 2.75) is 39.3 Å². The second kappa shape index (κ2) is 5.57. The van der Waals surface area contributed by atoms with Gasteiger partial charge in [0.2, 0.25) is 0 Å². The lowest BCUT2D eigenvalue weighted by atomic mass is 9.58. The van der Waals surface area contributed by atoms with E-state index in [2.05, 4.69) is 0 Å². The Morgan fingerprint density at radius 1 is 1.35 bits per heavy atom. The molecule has 0 aromatic heterocycles. The van der Waals surface area contributed by atoms with Gasteiger partial charge < -0.3 is 25.0 Å². The van der Waals surface area contributed by atoms with Crippen LogP contribution >= 0.6 is 0 Å². The molecule has 20 heavy (non-hydrogen) atoms. The lowest BCUT2D eigenvalue weighted by Crippen LogP contribution is -2.64. The Hall–Kier alpha value is -1.34. The Morgan fingerprint density at radius 3 is 2.25 bits per heavy atom. The molecular formula is C13H23NO6. The van der Waals surface area contributed by atoms with E-state index in [9.17, 15) is 24.9 Å². The van der Waals surface area contributed by atoms with Crippen molar-refractivity contribution >= 4 is 12.1 Å². The Bertz CT molecular complexity index is 391. The average molecular weight is 289 g/mol. The number of piperidine rings is 1. The Morgan fingerprint density at radius 2 is 1.90 bits per heavy atom. The van der Waals surface area contributed by atoms with Crippen LogP contribution in [0.5, 0.6) is 0 Å². The van der Waals surface area contributed by atoms with E-state index < -0.39 is 35.0 Å². The summed E-state index contributed by atoms with van der Waals surface area (Å²) in [4.78, 5) is 24.1. The molecule has 1 rings (SSSR count). The average Bonchev–Trinajstić information content (AvgIpc) is 2.28. The molecular weight excluding hydrogens is 266 g/mol. The highest BCUT2D eigenvalue weighted by atomic mass is 16.5. The van der Waals surface area contributed by atoms with E-state index in [1.807, 2.05) is 0 Å². The van der Waals surface area contributed by atoms with Gasteiger partial charge in [-0.05, 0) is 11.8 Å². The number of carboxylic acid groups (broad SMARTS) is 2. The minimum Gasteiger partial charge on any atom is -0.481 e. The van der Waals surface area contributed by atoms with Crippen LogP contribution in [0, 0.1) is 10.8 Å². The zero-order valence-electron chi connectivity index (χ0n) is 12.3. The summed E-state index contributed by atoms with van der Waals surface area (Å²) in [5.41, 5.74) is -2.11. The highest BCUT2D eigenvalue weighted by molar-refractivity contribution is 5.77. The van der Waals surface area contributed by atoms with Gasteiger partial charge in [-0.2, -0.15) is 0 Å². The van der Waals surface area contributed by atoms with E-state index >= 15 is 0 Å². The van der Waals surface area contributed by atoms with Gasteiger partial charge in [-0.25, -0.2) is 4.79 Å². The van der Waals surface area contributed by atoms with Crippen molar-refractivity contribution in [3.63, 3.8) is 0 Å². The molecule has 0 aliphatic carbocycles. The molecule has 1 saturated heterocycles. The third-order valence-corrected chi connectivity index (χ3v) is 4.26. The fourth-order valence-electron chi connectivity index (χ4n) is 3.04. The first-order valence-corrected chi connectivity index (χ1v) is 6.48. The van der Waals surface area contributed by atoms with E-state index in [1.165, 1.54) is 7.11 Å². The summed E-state index contributed by atoms with van der Waals surface area (Å²) in [7, 11) is 1.44. The molecule has 7 heteroatoms. The highest BCUT2D eigenvalue weighted by Crippen LogP contribution is 2.49. The Labute approximate surface area is 118 Å². The van der Waals surface area contributed by atoms with Crippen LogP contribution in [0.15, 0.2) is 0 Å². The molecule has 1 amide bonds. The van der Waals surface area contributed by atoms with Crippen molar-refractivity contribution in [2.24, 2.45) is 10.8 Å². The monoisotopic (exact) mass is 289 g/mol. The molecule has 1 heterocycles. The lowest BCUT2D eigenvalue weighted by molar-refractivity contribution is -0.183. The van der Waals surface area contributed by atoms with Crippen molar-refractivity contribution in [1.82, 2.24) is 4.90 Å². The number of carboxylic acids is 1. The first kappa shape index (κ1) is 16.7. The third-order valence-electron chi connectivity index (χ3n) is 4.26. The van der Waals surface area contributed by atoms with Gasteiger partial charge in [-0.3, -0.25) is 4.79 Å². The predicted octanol–water partition coefficient (Wildman–Crippen LogP) is 0.863. The molecule has 0 saturated carbocycles. The topological polar surface area (TPSA) is 107 Å². The van der Waals surface area contributed by atoms with Crippen LogP contribution in [0.25, 0.3) is 0 Å². The van der Waals surface area contributed by atoms with E-state index in [-0.39, 0.29) is 19.6 Å². The SMILES string of the molecule is COC[C@@H]1CC(C(=O)O)(C(C)(C)C)C(O)CN1C(=O)O. The fraction of sp³-hybridized carbons (Fsp3) is 0.846. The number of likely N-dealkylation sites (tertiary alicyclic amines) is 1. The van der Waals surface area contributed by atoms with Crippen LogP contribution in [0.1, 0.15) is 27.2 Å². The summed E-state index contributed by atoms with van der Waals surface area (Å²) in [5.74, 6) is -1.11. The van der Waals surface area contributed by atoms with Crippen molar-refractivity contribution in [3.8, 4) is 0 Å². The zero-order chi connectivity index (χ0) is 15.7. The molecule has 2 unspecified atom stereocenters. The Kier molecular flexibility index (Phi) is 4.66. The smallest absolute Gasteiger partial charge is 0.407 e. The number of rotatable bonds is 3. The summed E-state index contributed by atoms with van der Waals surface area (Å²) in [6, 6.07) is -0.587. The van der Waals surface area contributed by atoms with Crippen molar-refractivity contribution in [2.75, 3.05) is 20.3 Å². The number of amides is 1. The van der Waals surface area contributed by atoms with E-state index in [1.54, 1.807) is 20.8 Å². The number of aliphatic hydroxyl groups excluding tert-OH is 1. The number of hydrogen-bond donors (Lipinski definition) is 3. The molecule has 116 valence electrons. The fourth-order valence-corrected chi connectivity index (χ4v) is 3.04. The Balaban J connectivity index is 3.22. The zero-order valence-corrected chi connectivity index (χ0v) is 12.3. The highest BCUT2D eigenvalue weighted by Gasteiger charge is 2.59. The summed E-state index contributed by atoms with van der Waals surface area (Å²) in [6.07, 6.45) is -2.42. The van der Waals surface area contributed by atoms with Gasteiger partial charge in [-0.1, -0.05) is 20.8 Å². The first-order valence-electron chi connectivity index (χ1n) is 6.48. The standard InChI is InChI=1S/C13H23NO6/c1-12(2,3)13(10(16)17)5-8(7-20-4)14(11(18)19)6-9(13)15/h8-9,15H,5-7H2,1-4H3,(H,16,17)(H,18,19)/t8-,9?,13?/m0/s1. The summed E-state index contributed by atoms with van der Waals surface area (Å²) in [6.45, 7) is 5.09. The van der Waals surface area contributed by atoms with E-state index in [0.717, 1.165) is 4.90 Å². The van der Waals surface area contributed by atoms with E-state index in [0.29, 0.717) is 0 Å². The van der Waals surface area contributed by atoms with Gasteiger partial charge in [0.25, 0.3) is 0 Å². The van der Waals surface area contributed by atoms with Gasteiger partial charge in [0.05, 0.1) is 25.3 Å². The van der Waals surface area contributed by atoms with Crippen LogP contribution in [0.3, 0.4) is 0 Å². The molecule has 1 fully saturated rings. The van der Waals surface area contributed by atoms with Crippen molar-refractivity contribution in [3.05, 3.63) is 0 Å². The number of aliphatic hydroxyl groups is 1. The molecule has 7 nitrogen and oxygen atoms in total. The van der Waals surface area contributed by atoms with Crippen LogP contribution in [0.2, 0.25) is 0 Å². The van der Waals surface area contributed by atoms with Gasteiger partial charge in [0, 0.05) is 7.11 Å². The van der Waals surface area contributed by atoms with Gasteiger partial charge in [0.15, 0.2) is 0 Å². The molecule has 0 radical (unpaired) electrons. The number of methoxy groups -OCH3 is 1. The molecule has 0 aromatic rings. The summed E-state index contributed by atoms with van der Waals surface area (Å²) >= 11 is 0. The molecule has 0 bridgehead atoms. The number of hydrogen-bond acceptors (Lipinski definition) is 4. The molecule has 0 spiro atoms. The minimum atomic E-state index is -1.40. The first-order chi connectivity index (χ1) is 9.07.